The van der Waals surface area contributed by atoms with Crippen molar-refractivity contribution in [2.24, 2.45) is 0 Å². The van der Waals surface area contributed by atoms with Crippen LogP contribution < -0.4 is 5.32 Å². The molecule has 3 rings (SSSR count). The van der Waals surface area contributed by atoms with Gasteiger partial charge in [-0.2, -0.15) is 4.31 Å². The predicted molar refractivity (Wildman–Crippen MR) is 135 cm³/mol. The van der Waals surface area contributed by atoms with Gasteiger partial charge in [-0.3, -0.25) is 4.79 Å². The van der Waals surface area contributed by atoms with Crippen LogP contribution in [0.3, 0.4) is 0 Å². The zero-order valence-electron chi connectivity index (χ0n) is 18.7. The van der Waals surface area contributed by atoms with Gasteiger partial charge in [0.15, 0.2) is 0 Å². The van der Waals surface area contributed by atoms with Crippen LogP contribution in [0.2, 0.25) is 10.0 Å². The Morgan fingerprint density at radius 1 is 0.939 bits per heavy atom. The van der Waals surface area contributed by atoms with Crippen LogP contribution in [0.15, 0.2) is 65.6 Å². The van der Waals surface area contributed by atoms with E-state index in [-0.39, 0.29) is 23.0 Å². The molecule has 1 amide bonds. The molecule has 0 saturated heterocycles. The first-order chi connectivity index (χ1) is 15.6. The highest BCUT2D eigenvalue weighted by Crippen LogP contribution is 2.30. The Morgan fingerprint density at radius 2 is 1.58 bits per heavy atom. The van der Waals surface area contributed by atoms with E-state index >= 15 is 0 Å². The molecule has 0 aliphatic heterocycles. The van der Waals surface area contributed by atoms with E-state index < -0.39 is 15.9 Å². The van der Waals surface area contributed by atoms with Gasteiger partial charge in [-0.1, -0.05) is 77.3 Å². The molecule has 5 nitrogen and oxygen atoms in total. The van der Waals surface area contributed by atoms with E-state index in [2.05, 4.69) is 5.32 Å². The summed E-state index contributed by atoms with van der Waals surface area (Å²) in [6.07, 6.45) is 0.467. The number of nitrogens with one attached hydrogen (secondary N) is 1. The van der Waals surface area contributed by atoms with Gasteiger partial charge in [-0.25, -0.2) is 8.42 Å². The van der Waals surface area contributed by atoms with E-state index in [1.165, 1.54) is 4.31 Å². The first-order valence-electron chi connectivity index (χ1n) is 10.5. The summed E-state index contributed by atoms with van der Waals surface area (Å²) in [5.41, 5.74) is 3.59. The van der Waals surface area contributed by atoms with Crippen LogP contribution in [-0.4, -0.2) is 31.7 Å². The maximum atomic E-state index is 13.7. The molecule has 0 aliphatic rings. The molecule has 0 unspecified atom stereocenters. The van der Waals surface area contributed by atoms with Gasteiger partial charge < -0.3 is 5.32 Å². The largest absolute Gasteiger partial charge is 0.324 e. The zero-order valence-corrected chi connectivity index (χ0v) is 21.1. The molecule has 1 N–H and O–H groups in total. The van der Waals surface area contributed by atoms with E-state index in [1.54, 1.807) is 32.0 Å². The van der Waals surface area contributed by atoms with Crippen molar-refractivity contribution in [2.45, 2.75) is 32.1 Å². The minimum atomic E-state index is -3.94. The van der Waals surface area contributed by atoms with Crippen molar-refractivity contribution in [3.8, 4) is 0 Å². The Hall–Kier alpha value is -2.38. The first-order valence-corrected chi connectivity index (χ1v) is 12.6. The van der Waals surface area contributed by atoms with Crippen LogP contribution in [0.5, 0.6) is 0 Å². The van der Waals surface area contributed by atoms with E-state index in [9.17, 15) is 13.2 Å². The number of anilines is 1. The second-order valence-electron chi connectivity index (χ2n) is 7.95. The van der Waals surface area contributed by atoms with Crippen LogP contribution in [0, 0.1) is 20.8 Å². The lowest BCUT2D eigenvalue weighted by Gasteiger charge is -2.24. The Balaban J connectivity index is 1.92. The van der Waals surface area contributed by atoms with Gasteiger partial charge in [0.1, 0.15) is 0 Å². The van der Waals surface area contributed by atoms with E-state index in [1.807, 2.05) is 49.4 Å². The Kier molecular flexibility index (Phi) is 8.19. The van der Waals surface area contributed by atoms with Gasteiger partial charge >= 0.3 is 0 Å². The van der Waals surface area contributed by atoms with Gasteiger partial charge in [0.05, 0.1) is 27.2 Å². The molecule has 8 heteroatoms. The highest BCUT2D eigenvalue weighted by atomic mass is 35.5. The number of amides is 1. The fourth-order valence-electron chi connectivity index (χ4n) is 3.84. The van der Waals surface area contributed by atoms with E-state index in [0.29, 0.717) is 28.3 Å². The van der Waals surface area contributed by atoms with E-state index in [4.69, 9.17) is 23.2 Å². The normalized spacial score (nSPS) is 11.6. The number of halogens is 2. The summed E-state index contributed by atoms with van der Waals surface area (Å²) in [5.74, 6) is -0.502. The lowest BCUT2D eigenvalue weighted by atomic mass is 10.1. The van der Waals surface area contributed by atoms with E-state index in [0.717, 1.165) is 11.1 Å². The second kappa shape index (κ2) is 10.7. The maximum Gasteiger partial charge on any atom is 0.244 e. The van der Waals surface area contributed by atoms with Gasteiger partial charge in [-0.05, 0) is 56.0 Å². The van der Waals surface area contributed by atoms with Crippen molar-refractivity contribution in [1.29, 1.82) is 0 Å². The number of rotatable bonds is 8. The molecule has 0 fully saturated rings. The molecule has 0 aliphatic carbocycles. The van der Waals surface area contributed by atoms with Crippen molar-refractivity contribution in [3.05, 3.63) is 93.0 Å². The molecule has 3 aromatic carbocycles. The summed E-state index contributed by atoms with van der Waals surface area (Å²) < 4.78 is 28.6. The highest BCUT2D eigenvalue weighted by Gasteiger charge is 2.29. The van der Waals surface area contributed by atoms with Crippen LogP contribution >= 0.6 is 23.2 Å². The lowest BCUT2D eigenvalue weighted by Crippen LogP contribution is -2.40. The summed E-state index contributed by atoms with van der Waals surface area (Å²) in [5, 5.41) is 3.19. The fraction of sp³-hybridized carbons (Fsp3) is 0.240. The van der Waals surface area contributed by atoms with Crippen molar-refractivity contribution >= 4 is 44.8 Å². The van der Waals surface area contributed by atoms with Crippen molar-refractivity contribution in [3.63, 3.8) is 0 Å². The number of carbonyl (C=O) groups excluding carboxylic acids is 1. The molecule has 33 heavy (non-hydrogen) atoms. The molecule has 0 bridgehead atoms. The Morgan fingerprint density at radius 3 is 2.21 bits per heavy atom. The van der Waals surface area contributed by atoms with Crippen LogP contribution in [0.1, 0.15) is 22.3 Å². The number of hydrogen-bond acceptors (Lipinski definition) is 3. The molecule has 0 aromatic heterocycles. The fourth-order valence-corrected chi connectivity index (χ4v) is 5.99. The number of carbonyl (C=O) groups is 1. The third-order valence-electron chi connectivity index (χ3n) is 5.24. The molecule has 174 valence electrons. The summed E-state index contributed by atoms with van der Waals surface area (Å²) in [6, 6.07) is 18.1. The average Bonchev–Trinajstić information content (AvgIpc) is 2.74. The minimum Gasteiger partial charge on any atom is -0.324 e. The second-order valence-corrected chi connectivity index (χ2v) is 10.6. The molecular formula is C25H26Cl2N2O3S. The van der Waals surface area contributed by atoms with Gasteiger partial charge in [0.25, 0.3) is 0 Å². The van der Waals surface area contributed by atoms with Crippen LogP contribution in [-0.2, 0) is 21.2 Å². The molecule has 0 radical (unpaired) electrons. The first kappa shape index (κ1) is 25.2. The van der Waals surface area contributed by atoms with Crippen LogP contribution in [0.4, 0.5) is 5.69 Å². The number of hydrogen-bond donors (Lipinski definition) is 1. The van der Waals surface area contributed by atoms with Crippen LogP contribution in [0.25, 0.3) is 0 Å². The number of sulfonamides is 1. The number of nitrogens with zero attached hydrogens (tertiary/aromatic N) is 1. The smallest absolute Gasteiger partial charge is 0.244 e. The molecule has 0 spiro atoms. The summed E-state index contributed by atoms with van der Waals surface area (Å²) >= 11 is 12.2. The number of benzene rings is 3. The Labute approximate surface area is 205 Å². The van der Waals surface area contributed by atoms with Gasteiger partial charge in [-0.15, -0.1) is 0 Å². The zero-order chi connectivity index (χ0) is 24.2. The lowest BCUT2D eigenvalue weighted by molar-refractivity contribution is -0.116. The van der Waals surface area contributed by atoms with Crippen molar-refractivity contribution < 1.29 is 13.2 Å². The topological polar surface area (TPSA) is 66.5 Å². The molecule has 0 heterocycles. The quantitative estimate of drug-likeness (QED) is 0.422. The molecule has 0 atom stereocenters. The highest BCUT2D eigenvalue weighted by molar-refractivity contribution is 7.89. The van der Waals surface area contributed by atoms with Crippen molar-refractivity contribution in [2.75, 3.05) is 18.4 Å². The average molecular weight is 505 g/mol. The monoisotopic (exact) mass is 504 g/mol. The summed E-state index contributed by atoms with van der Waals surface area (Å²) in [7, 11) is -3.94. The number of aryl methyl sites for hydroxylation is 3. The standard InChI is InChI=1S/C25H26Cl2N2O3S/c1-17-14-18(2)25(19(3)15-17)33(31,32)29(13-12-20-8-5-4-6-9-20)16-23(30)28-22-11-7-10-21(26)24(22)27/h4-11,14-15H,12-13,16H2,1-3H3,(H,28,30). The maximum absolute atomic E-state index is 13.7. The summed E-state index contributed by atoms with van der Waals surface area (Å²) in [6.45, 7) is 5.26. The van der Waals surface area contributed by atoms with Crippen molar-refractivity contribution in [1.82, 2.24) is 4.31 Å². The molecule has 0 saturated carbocycles. The SMILES string of the molecule is Cc1cc(C)c(S(=O)(=O)N(CCc2ccccc2)CC(=O)Nc2cccc(Cl)c2Cl)c(C)c1. The van der Waals surface area contributed by atoms with Gasteiger partial charge in [0.2, 0.25) is 15.9 Å². The molecular weight excluding hydrogens is 479 g/mol. The third-order valence-corrected chi connectivity index (χ3v) is 8.21. The Bertz CT molecular complexity index is 1240. The predicted octanol–water partition coefficient (Wildman–Crippen LogP) is 5.79. The summed E-state index contributed by atoms with van der Waals surface area (Å²) in [4.78, 5) is 13.1. The minimum absolute atomic E-state index is 0.149. The third kappa shape index (κ3) is 6.15. The van der Waals surface area contributed by atoms with Gasteiger partial charge in [0, 0.05) is 6.54 Å². The molecule has 3 aromatic rings.